The van der Waals surface area contributed by atoms with Gasteiger partial charge in [-0.3, -0.25) is 4.90 Å². The molecule has 1 atom stereocenters. The largest absolute Gasteiger partial charge is 0.291 e. The van der Waals surface area contributed by atoms with Crippen molar-refractivity contribution in [3.63, 3.8) is 0 Å². The molecule has 1 nitrogen and oxygen atoms in total. The number of likely N-dealkylation sites (tertiary alicyclic amines) is 1. The summed E-state index contributed by atoms with van der Waals surface area (Å²) in [6.07, 6.45) is 5.37. The summed E-state index contributed by atoms with van der Waals surface area (Å²) in [7, 11) is 0. The third-order valence-corrected chi connectivity index (χ3v) is 5.54. The highest BCUT2D eigenvalue weighted by atomic mass is 79.9. The first-order valence-electron chi connectivity index (χ1n) is 7.35. The fourth-order valence-electron chi connectivity index (χ4n) is 2.98. The Morgan fingerprint density at radius 3 is 2.70 bits per heavy atom. The van der Waals surface area contributed by atoms with Crippen LogP contribution in [0.4, 0.5) is 0 Å². The molecular formula is C17H20BrNS. The van der Waals surface area contributed by atoms with Gasteiger partial charge in [0.25, 0.3) is 0 Å². The Balaban J connectivity index is 1.78. The molecule has 1 aromatic carbocycles. The maximum atomic E-state index is 3.51. The van der Waals surface area contributed by atoms with Crippen LogP contribution in [0.5, 0.6) is 0 Å². The molecule has 1 aromatic heterocycles. The lowest BCUT2D eigenvalue weighted by Gasteiger charge is -2.29. The Morgan fingerprint density at radius 2 is 1.95 bits per heavy atom. The molecule has 0 aliphatic carbocycles. The zero-order valence-corrected chi connectivity index (χ0v) is 14.0. The van der Waals surface area contributed by atoms with E-state index in [0.29, 0.717) is 6.04 Å². The lowest BCUT2D eigenvalue weighted by atomic mass is 10.1. The first-order valence-corrected chi connectivity index (χ1v) is 9.02. The molecule has 0 bridgehead atoms. The van der Waals surface area contributed by atoms with Crippen molar-refractivity contribution in [2.45, 2.75) is 38.3 Å². The fourth-order valence-corrected chi connectivity index (χ4v) is 4.14. The minimum atomic E-state index is 0.612. The molecule has 0 spiro atoms. The average molecular weight is 350 g/mol. The zero-order valence-electron chi connectivity index (χ0n) is 11.6. The molecule has 3 rings (SSSR count). The van der Waals surface area contributed by atoms with Crippen LogP contribution in [0, 0.1) is 0 Å². The van der Waals surface area contributed by atoms with Gasteiger partial charge in [-0.2, -0.15) is 0 Å². The summed E-state index contributed by atoms with van der Waals surface area (Å²) in [4.78, 5) is 4.20. The van der Waals surface area contributed by atoms with Gasteiger partial charge < -0.3 is 0 Å². The van der Waals surface area contributed by atoms with E-state index in [9.17, 15) is 0 Å². The van der Waals surface area contributed by atoms with E-state index in [1.807, 2.05) is 11.3 Å². The second-order valence-corrected chi connectivity index (χ2v) is 7.37. The molecule has 2 aromatic rings. The monoisotopic (exact) mass is 349 g/mol. The van der Waals surface area contributed by atoms with Gasteiger partial charge in [-0.15, -0.1) is 11.3 Å². The SMILES string of the molecule is Brc1ccc(CN2CCCCCC2c2cccs2)cc1. The number of nitrogens with zero attached hydrogens (tertiary/aromatic N) is 1. The Labute approximate surface area is 133 Å². The summed E-state index contributed by atoms with van der Waals surface area (Å²) in [6.45, 7) is 2.29. The molecule has 0 saturated carbocycles. The van der Waals surface area contributed by atoms with E-state index in [-0.39, 0.29) is 0 Å². The molecule has 0 radical (unpaired) electrons. The van der Waals surface area contributed by atoms with Crippen molar-refractivity contribution in [1.82, 2.24) is 4.90 Å². The van der Waals surface area contributed by atoms with Gasteiger partial charge in [0.2, 0.25) is 0 Å². The number of benzene rings is 1. The van der Waals surface area contributed by atoms with Crippen molar-refractivity contribution in [2.24, 2.45) is 0 Å². The summed E-state index contributed by atoms with van der Waals surface area (Å²) in [5, 5.41) is 2.21. The molecule has 106 valence electrons. The number of halogens is 1. The van der Waals surface area contributed by atoms with Crippen LogP contribution in [0.1, 0.15) is 42.2 Å². The van der Waals surface area contributed by atoms with Crippen LogP contribution in [0.3, 0.4) is 0 Å². The number of rotatable bonds is 3. The number of hydrogen-bond acceptors (Lipinski definition) is 2. The minimum Gasteiger partial charge on any atom is -0.291 e. The fraction of sp³-hybridized carbons (Fsp3) is 0.412. The van der Waals surface area contributed by atoms with Gasteiger partial charge in [0.15, 0.2) is 0 Å². The number of thiophene rings is 1. The van der Waals surface area contributed by atoms with Crippen molar-refractivity contribution in [1.29, 1.82) is 0 Å². The van der Waals surface area contributed by atoms with Crippen molar-refractivity contribution in [2.75, 3.05) is 6.54 Å². The maximum absolute atomic E-state index is 3.51. The van der Waals surface area contributed by atoms with Crippen LogP contribution >= 0.6 is 27.3 Å². The first kappa shape index (κ1) is 14.3. The molecule has 1 unspecified atom stereocenters. The molecule has 1 aliphatic heterocycles. The van der Waals surface area contributed by atoms with E-state index >= 15 is 0 Å². The van der Waals surface area contributed by atoms with Crippen molar-refractivity contribution >= 4 is 27.3 Å². The van der Waals surface area contributed by atoms with Crippen LogP contribution < -0.4 is 0 Å². The highest BCUT2D eigenvalue weighted by Gasteiger charge is 2.23. The second kappa shape index (κ2) is 6.88. The van der Waals surface area contributed by atoms with Crippen molar-refractivity contribution in [3.05, 3.63) is 56.7 Å². The van der Waals surface area contributed by atoms with Crippen molar-refractivity contribution in [3.8, 4) is 0 Å². The van der Waals surface area contributed by atoms with Gasteiger partial charge in [-0.05, 0) is 48.5 Å². The van der Waals surface area contributed by atoms with Crippen molar-refractivity contribution < 1.29 is 0 Å². The third-order valence-electron chi connectivity index (χ3n) is 4.03. The highest BCUT2D eigenvalue weighted by Crippen LogP contribution is 2.33. The smallest absolute Gasteiger partial charge is 0.0445 e. The topological polar surface area (TPSA) is 3.24 Å². The molecular weight excluding hydrogens is 330 g/mol. The van der Waals surface area contributed by atoms with Gasteiger partial charge in [0, 0.05) is 21.9 Å². The first-order chi connectivity index (χ1) is 9.83. The predicted octanol–water partition coefficient (Wildman–Crippen LogP) is 5.63. The van der Waals surface area contributed by atoms with Crippen LogP contribution in [0.15, 0.2) is 46.3 Å². The van der Waals surface area contributed by atoms with Crippen LogP contribution in [0.2, 0.25) is 0 Å². The minimum absolute atomic E-state index is 0.612. The summed E-state index contributed by atoms with van der Waals surface area (Å²) in [5.41, 5.74) is 1.41. The molecule has 1 saturated heterocycles. The Bertz CT molecular complexity index is 520. The molecule has 1 aliphatic rings. The molecule has 1 fully saturated rings. The predicted molar refractivity (Wildman–Crippen MR) is 90.1 cm³/mol. The summed E-state index contributed by atoms with van der Waals surface area (Å²) < 4.78 is 1.16. The van der Waals surface area contributed by atoms with Crippen LogP contribution in [-0.2, 0) is 6.54 Å². The van der Waals surface area contributed by atoms with Gasteiger partial charge in [-0.1, -0.05) is 47.0 Å². The van der Waals surface area contributed by atoms with Crippen LogP contribution in [-0.4, -0.2) is 11.4 Å². The van der Waals surface area contributed by atoms with E-state index in [1.54, 1.807) is 0 Å². The highest BCUT2D eigenvalue weighted by molar-refractivity contribution is 9.10. The molecule has 2 heterocycles. The molecule has 0 amide bonds. The molecule has 3 heteroatoms. The summed E-state index contributed by atoms with van der Waals surface area (Å²) in [5.74, 6) is 0. The number of hydrogen-bond donors (Lipinski definition) is 0. The van der Waals surface area contributed by atoms with E-state index in [0.717, 1.165) is 11.0 Å². The quantitative estimate of drug-likeness (QED) is 0.694. The molecule has 20 heavy (non-hydrogen) atoms. The lowest BCUT2D eigenvalue weighted by Crippen LogP contribution is -2.27. The van der Waals surface area contributed by atoms with Gasteiger partial charge in [0.05, 0.1) is 0 Å². The lowest BCUT2D eigenvalue weighted by molar-refractivity contribution is 0.195. The summed E-state index contributed by atoms with van der Waals surface area (Å²) in [6, 6.07) is 13.9. The molecule has 0 N–H and O–H groups in total. The average Bonchev–Trinajstić information content (AvgIpc) is 2.89. The maximum Gasteiger partial charge on any atom is 0.0445 e. The second-order valence-electron chi connectivity index (χ2n) is 5.48. The Hall–Kier alpha value is -0.640. The van der Waals surface area contributed by atoms with Gasteiger partial charge in [-0.25, -0.2) is 0 Å². The summed E-state index contributed by atoms with van der Waals surface area (Å²) >= 11 is 5.42. The van der Waals surface area contributed by atoms with E-state index < -0.39 is 0 Å². The normalized spacial score (nSPS) is 20.8. The van der Waals surface area contributed by atoms with Crippen LogP contribution in [0.25, 0.3) is 0 Å². The van der Waals surface area contributed by atoms with E-state index in [4.69, 9.17) is 0 Å². The van der Waals surface area contributed by atoms with Gasteiger partial charge in [0.1, 0.15) is 0 Å². The van der Waals surface area contributed by atoms with E-state index in [1.165, 1.54) is 42.7 Å². The zero-order chi connectivity index (χ0) is 13.8. The Kier molecular flexibility index (Phi) is 4.92. The third kappa shape index (κ3) is 3.51. The Morgan fingerprint density at radius 1 is 1.10 bits per heavy atom. The standard InChI is InChI=1S/C17H20BrNS/c18-15-9-7-14(8-10-15)13-19-11-3-1-2-5-16(19)17-6-4-12-20-17/h4,6-10,12,16H,1-3,5,11,13H2. The van der Waals surface area contributed by atoms with Gasteiger partial charge >= 0.3 is 0 Å². The van der Waals surface area contributed by atoms with E-state index in [2.05, 4.69) is 62.6 Å².